The van der Waals surface area contributed by atoms with E-state index in [1.54, 1.807) is 17.6 Å². The first-order valence-corrected chi connectivity index (χ1v) is 8.79. The zero-order valence-electron chi connectivity index (χ0n) is 14.1. The number of thiazole rings is 1. The Morgan fingerprint density at radius 2 is 1.89 bits per heavy atom. The fraction of sp³-hybridized carbons (Fsp3) is 0.0588. The van der Waals surface area contributed by atoms with E-state index in [9.17, 15) is 10.1 Å². The van der Waals surface area contributed by atoms with E-state index in [0.717, 1.165) is 11.1 Å². The van der Waals surface area contributed by atoms with Gasteiger partial charge in [0.25, 0.3) is 0 Å². The van der Waals surface area contributed by atoms with Crippen LogP contribution in [-0.2, 0) is 0 Å². The van der Waals surface area contributed by atoms with E-state index in [4.69, 9.17) is 0 Å². The molecular weight excluding hydrogens is 366 g/mol. The van der Waals surface area contributed by atoms with Gasteiger partial charge in [0, 0.05) is 22.7 Å². The molecule has 1 aromatic carbocycles. The van der Waals surface area contributed by atoms with Gasteiger partial charge in [-0.15, -0.1) is 11.3 Å². The highest BCUT2D eigenvalue weighted by atomic mass is 32.1. The zero-order chi connectivity index (χ0) is 18.8. The molecule has 3 aromatic heterocycles. The maximum atomic E-state index is 11.7. The number of fused-ring (bicyclic) bond motifs is 1. The number of pyridine rings is 1. The number of aromatic nitrogens is 4. The molecule has 0 radical (unpaired) electrons. The second-order valence-corrected chi connectivity index (χ2v) is 6.49. The van der Waals surface area contributed by atoms with Gasteiger partial charge in [-0.3, -0.25) is 15.1 Å². The van der Waals surface area contributed by atoms with Gasteiger partial charge >= 0.3 is 5.69 Å². The molecule has 134 valence electrons. The molecule has 27 heavy (non-hydrogen) atoms. The Balaban J connectivity index is 1.78. The third-order valence-corrected chi connectivity index (χ3v) is 4.46. The number of nitro groups is 1. The van der Waals surface area contributed by atoms with Crippen molar-refractivity contribution in [2.45, 2.75) is 6.92 Å². The van der Waals surface area contributed by atoms with E-state index >= 15 is 0 Å². The number of anilines is 4. The number of hydrogen-bond donors (Lipinski definition) is 2. The van der Waals surface area contributed by atoms with Gasteiger partial charge in [0.1, 0.15) is 6.33 Å². The van der Waals surface area contributed by atoms with E-state index < -0.39 is 4.92 Å². The maximum Gasteiger partial charge on any atom is 0.353 e. The van der Waals surface area contributed by atoms with Crippen LogP contribution in [0, 0.1) is 17.0 Å². The predicted octanol–water partition coefficient (Wildman–Crippen LogP) is 4.19. The first-order valence-electron chi connectivity index (χ1n) is 7.91. The smallest absolute Gasteiger partial charge is 0.332 e. The average molecular weight is 379 g/mol. The highest BCUT2D eigenvalue weighted by molar-refractivity contribution is 7.13. The number of aryl methyl sites for hydroxylation is 1. The van der Waals surface area contributed by atoms with Crippen LogP contribution in [0.5, 0.6) is 0 Å². The number of para-hydroxylation sites is 1. The zero-order valence-corrected chi connectivity index (χ0v) is 14.9. The number of nitrogens with one attached hydrogen (secondary N) is 2. The number of benzene rings is 1. The molecule has 0 saturated heterocycles. The van der Waals surface area contributed by atoms with Crippen molar-refractivity contribution in [3.63, 3.8) is 0 Å². The summed E-state index contributed by atoms with van der Waals surface area (Å²) >= 11 is 1.32. The quantitative estimate of drug-likeness (QED) is 0.391. The molecule has 2 N–H and O–H groups in total. The molecule has 0 saturated carbocycles. The number of nitrogens with zero attached hydrogens (tertiary/aromatic N) is 5. The largest absolute Gasteiger partial charge is 0.353 e. The van der Waals surface area contributed by atoms with Crippen molar-refractivity contribution in [2.75, 3.05) is 10.6 Å². The van der Waals surface area contributed by atoms with E-state index in [0.29, 0.717) is 16.3 Å². The second-order valence-electron chi connectivity index (χ2n) is 5.59. The van der Waals surface area contributed by atoms with Gasteiger partial charge in [-0.1, -0.05) is 18.2 Å². The Hall–Kier alpha value is -3.66. The first kappa shape index (κ1) is 16.8. The van der Waals surface area contributed by atoms with Crippen molar-refractivity contribution in [1.82, 2.24) is 19.9 Å². The SMILES string of the molecule is Cc1ccc2cccc(Nc3ncnc(Nc4nccs4)c3[N+](=O)[O-])c2n1. The van der Waals surface area contributed by atoms with E-state index in [1.807, 2.05) is 31.2 Å². The molecule has 10 heteroatoms. The Morgan fingerprint density at radius 1 is 1.07 bits per heavy atom. The van der Waals surface area contributed by atoms with Crippen molar-refractivity contribution in [1.29, 1.82) is 0 Å². The summed E-state index contributed by atoms with van der Waals surface area (Å²) in [6.45, 7) is 1.89. The molecule has 4 aromatic rings. The van der Waals surface area contributed by atoms with Crippen molar-refractivity contribution in [2.24, 2.45) is 0 Å². The Labute approximate surface area is 157 Å². The van der Waals surface area contributed by atoms with Gasteiger partial charge in [-0.25, -0.2) is 15.0 Å². The summed E-state index contributed by atoms with van der Waals surface area (Å²) in [6, 6.07) is 9.44. The van der Waals surface area contributed by atoms with Crippen LogP contribution in [0.3, 0.4) is 0 Å². The van der Waals surface area contributed by atoms with E-state index in [1.165, 1.54) is 17.7 Å². The van der Waals surface area contributed by atoms with E-state index in [2.05, 4.69) is 30.6 Å². The number of hydrogen-bond acceptors (Lipinski definition) is 9. The lowest BCUT2D eigenvalue weighted by atomic mass is 10.1. The minimum atomic E-state index is -0.526. The Kier molecular flexibility index (Phi) is 4.30. The van der Waals surface area contributed by atoms with Crippen LogP contribution in [-0.4, -0.2) is 24.9 Å². The average Bonchev–Trinajstić information content (AvgIpc) is 3.15. The molecule has 0 aliphatic rings. The van der Waals surface area contributed by atoms with Gasteiger partial charge in [0.2, 0.25) is 11.6 Å². The minimum absolute atomic E-state index is 0.0665. The molecule has 0 fully saturated rings. The second kappa shape index (κ2) is 6.92. The molecule has 0 atom stereocenters. The molecule has 0 amide bonds. The Morgan fingerprint density at radius 3 is 2.63 bits per heavy atom. The van der Waals surface area contributed by atoms with Gasteiger partial charge in [-0.05, 0) is 19.1 Å². The molecule has 0 aliphatic carbocycles. The van der Waals surface area contributed by atoms with Crippen LogP contribution >= 0.6 is 11.3 Å². The molecule has 0 unspecified atom stereocenters. The lowest BCUT2D eigenvalue weighted by molar-refractivity contribution is -0.383. The monoisotopic (exact) mass is 379 g/mol. The van der Waals surface area contributed by atoms with Crippen LogP contribution in [0.1, 0.15) is 5.69 Å². The van der Waals surface area contributed by atoms with Crippen molar-refractivity contribution >= 4 is 50.4 Å². The molecule has 0 bridgehead atoms. The third kappa shape index (κ3) is 3.37. The maximum absolute atomic E-state index is 11.7. The van der Waals surface area contributed by atoms with Crippen molar-refractivity contribution in [3.8, 4) is 0 Å². The van der Waals surface area contributed by atoms with E-state index in [-0.39, 0.29) is 17.3 Å². The first-order chi connectivity index (χ1) is 13.1. The molecule has 4 rings (SSSR count). The van der Waals surface area contributed by atoms with Crippen LogP contribution < -0.4 is 10.6 Å². The van der Waals surface area contributed by atoms with Crippen LogP contribution in [0.15, 0.2) is 48.2 Å². The van der Waals surface area contributed by atoms with Gasteiger partial charge in [0.15, 0.2) is 5.13 Å². The van der Waals surface area contributed by atoms with Gasteiger partial charge in [0.05, 0.1) is 16.1 Å². The standard InChI is InChI=1S/C17H13N7O2S/c1-10-5-6-11-3-2-4-12(13(11)21-10)22-15-14(24(25)26)16(20-9-19-15)23-17-18-7-8-27-17/h2-9H,1H3,(H2,18,19,20,22,23). The summed E-state index contributed by atoms with van der Waals surface area (Å²) in [5.74, 6) is 0.140. The van der Waals surface area contributed by atoms with Crippen molar-refractivity contribution < 1.29 is 4.92 Å². The normalized spacial score (nSPS) is 10.7. The molecular formula is C17H13N7O2S. The molecule has 0 spiro atoms. The summed E-state index contributed by atoms with van der Waals surface area (Å²) < 4.78 is 0. The van der Waals surface area contributed by atoms with Crippen LogP contribution in [0.2, 0.25) is 0 Å². The topological polar surface area (TPSA) is 119 Å². The fourth-order valence-corrected chi connectivity index (χ4v) is 3.12. The Bertz CT molecular complexity index is 1130. The summed E-state index contributed by atoms with van der Waals surface area (Å²) in [7, 11) is 0. The number of rotatable bonds is 5. The summed E-state index contributed by atoms with van der Waals surface area (Å²) in [6.07, 6.45) is 2.86. The predicted molar refractivity (Wildman–Crippen MR) is 104 cm³/mol. The lowest BCUT2D eigenvalue weighted by Crippen LogP contribution is -2.06. The summed E-state index contributed by atoms with van der Waals surface area (Å²) in [5.41, 5.74) is 1.91. The van der Waals surface area contributed by atoms with Crippen LogP contribution in [0.25, 0.3) is 10.9 Å². The molecule has 0 aliphatic heterocycles. The van der Waals surface area contributed by atoms with Gasteiger partial charge < -0.3 is 10.6 Å². The summed E-state index contributed by atoms with van der Waals surface area (Å²) in [4.78, 5) is 27.8. The summed E-state index contributed by atoms with van der Waals surface area (Å²) in [5, 5.41) is 20.8. The van der Waals surface area contributed by atoms with Crippen LogP contribution in [0.4, 0.5) is 28.1 Å². The van der Waals surface area contributed by atoms with Crippen molar-refractivity contribution in [3.05, 3.63) is 64.0 Å². The van der Waals surface area contributed by atoms with Gasteiger partial charge in [-0.2, -0.15) is 0 Å². The highest BCUT2D eigenvalue weighted by Gasteiger charge is 2.24. The third-order valence-electron chi connectivity index (χ3n) is 3.78. The minimum Gasteiger partial charge on any atom is -0.332 e. The highest BCUT2D eigenvalue weighted by Crippen LogP contribution is 2.34. The fourth-order valence-electron chi connectivity index (χ4n) is 2.59. The molecule has 3 heterocycles. The lowest BCUT2D eigenvalue weighted by Gasteiger charge is -2.11. The molecule has 9 nitrogen and oxygen atoms in total.